The van der Waals surface area contributed by atoms with Crippen molar-refractivity contribution in [2.75, 3.05) is 43.1 Å². The molecule has 0 unspecified atom stereocenters. The molecule has 0 atom stereocenters. The second kappa shape index (κ2) is 7.91. The minimum absolute atomic E-state index is 0.800. The molecule has 152 valence electrons. The first kappa shape index (κ1) is 18.8. The Balaban J connectivity index is 1.33. The summed E-state index contributed by atoms with van der Waals surface area (Å²) in [6.07, 6.45) is 0. The zero-order valence-electron chi connectivity index (χ0n) is 17.1. The van der Waals surface area contributed by atoms with Crippen LogP contribution in [-0.2, 0) is 0 Å². The van der Waals surface area contributed by atoms with Gasteiger partial charge in [0.2, 0.25) is 0 Å². The van der Waals surface area contributed by atoms with Crippen LogP contribution in [-0.4, -0.2) is 48.2 Å². The molecule has 0 amide bonds. The number of nitrogens with zero attached hydrogens (tertiary/aromatic N) is 5. The summed E-state index contributed by atoms with van der Waals surface area (Å²) >= 11 is 1.72. The van der Waals surface area contributed by atoms with Gasteiger partial charge in [0.1, 0.15) is 17.4 Å². The van der Waals surface area contributed by atoms with Gasteiger partial charge in [-0.15, -0.1) is 0 Å². The van der Waals surface area contributed by atoms with E-state index in [0.29, 0.717) is 0 Å². The Bertz CT molecular complexity index is 1170. The van der Waals surface area contributed by atoms with Crippen molar-refractivity contribution >= 4 is 32.5 Å². The fraction of sp³-hybridized carbons (Fsp3) is 0.261. The number of hydrogen-bond donors (Lipinski definition) is 0. The van der Waals surface area contributed by atoms with Gasteiger partial charge in [-0.05, 0) is 25.1 Å². The van der Waals surface area contributed by atoms with Crippen LogP contribution in [0.3, 0.4) is 0 Å². The summed E-state index contributed by atoms with van der Waals surface area (Å²) in [5, 5.41) is 1.07. The summed E-state index contributed by atoms with van der Waals surface area (Å²) in [6.45, 7) is 5.61. The van der Waals surface area contributed by atoms with E-state index < -0.39 is 0 Å². The smallest absolute Gasteiger partial charge is 0.186 e. The molecule has 1 aliphatic rings. The van der Waals surface area contributed by atoms with Crippen molar-refractivity contribution in [2.24, 2.45) is 0 Å². The van der Waals surface area contributed by atoms with E-state index in [2.05, 4.69) is 39.0 Å². The van der Waals surface area contributed by atoms with Crippen LogP contribution < -0.4 is 14.5 Å². The molecule has 5 rings (SSSR count). The zero-order chi connectivity index (χ0) is 20.5. The van der Waals surface area contributed by atoms with Gasteiger partial charge in [0, 0.05) is 37.8 Å². The zero-order valence-corrected chi connectivity index (χ0v) is 17.9. The van der Waals surface area contributed by atoms with Gasteiger partial charge in [-0.3, -0.25) is 0 Å². The third-order valence-corrected chi connectivity index (χ3v) is 6.43. The number of methoxy groups -OCH3 is 1. The van der Waals surface area contributed by atoms with Crippen molar-refractivity contribution < 1.29 is 4.74 Å². The van der Waals surface area contributed by atoms with Gasteiger partial charge < -0.3 is 14.5 Å². The van der Waals surface area contributed by atoms with E-state index in [0.717, 1.165) is 70.2 Å². The van der Waals surface area contributed by atoms with Gasteiger partial charge in [0.15, 0.2) is 5.13 Å². The average Bonchev–Trinajstić information content (AvgIpc) is 3.22. The van der Waals surface area contributed by atoms with E-state index in [-0.39, 0.29) is 0 Å². The number of aromatic nitrogens is 3. The normalized spacial score (nSPS) is 14.3. The topological polar surface area (TPSA) is 54.4 Å². The van der Waals surface area contributed by atoms with Crippen molar-refractivity contribution in [1.29, 1.82) is 0 Å². The van der Waals surface area contributed by atoms with Crippen molar-refractivity contribution in [3.63, 3.8) is 0 Å². The Kier molecular flexibility index (Phi) is 4.96. The predicted octanol–water partition coefficient (Wildman–Crippen LogP) is 4.40. The molecule has 0 aliphatic carbocycles. The molecule has 6 nitrogen and oxygen atoms in total. The third kappa shape index (κ3) is 3.68. The van der Waals surface area contributed by atoms with Crippen molar-refractivity contribution in [1.82, 2.24) is 15.0 Å². The van der Waals surface area contributed by atoms with E-state index in [1.807, 2.05) is 37.3 Å². The number of aryl methyl sites for hydroxylation is 1. The number of hydrogen-bond acceptors (Lipinski definition) is 7. The number of thiazole rings is 1. The third-order valence-electron chi connectivity index (χ3n) is 5.35. The predicted molar refractivity (Wildman–Crippen MR) is 123 cm³/mol. The summed E-state index contributed by atoms with van der Waals surface area (Å²) in [6, 6.07) is 18.4. The molecular weight excluding hydrogens is 394 g/mol. The number of piperazine rings is 1. The molecule has 0 saturated carbocycles. The average molecular weight is 418 g/mol. The highest BCUT2D eigenvalue weighted by Gasteiger charge is 2.21. The van der Waals surface area contributed by atoms with Crippen LogP contribution in [0.5, 0.6) is 5.75 Å². The first-order chi connectivity index (χ1) is 14.7. The number of rotatable bonds is 4. The van der Waals surface area contributed by atoms with Crippen LogP contribution in [0, 0.1) is 6.92 Å². The number of ether oxygens (including phenoxy) is 1. The van der Waals surface area contributed by atoms with Gasteiger partial charge in [0.05, 0.1) is 23.0 Å². The van der Waals surface area contributed by atoms with Crippen LogP contribution in [0.25, 0.3) is 21.5 Å². The van der Waals surface area contributed by atoms with Crippen LogP contribution in [0.15, 0.2) is 54.6 Å². The molecule has 0 spiro atoms. The van der Waals surface area contributed by atoms with Gasteiger partial charge in [-0.25, -0.2) is 15.0 Å². The summed E-state index contributed by atoms with van der Waals surface area (Å²) in [4.78, 5) is 18.9. The number of anilines is 2. The summed E-state index contributed by atoms with van der Waals surface area (Å²) in [5.41, 5.74) is 3.12. The van der Waals surface area contributed by atoms with E-state index in [4.69, 9.17) is 14.7 Å². The molecule has 4 aromatic rings. The van der Waals surface area contributed by atoms with E-state index >= 15 is 0 Å². The molecule has 7 heteroatoms. The van der Waals surface area contributed by atoms with Crippen molar-refractivity contribution in [3.05, 3.63) is 60.4 Å². The molecule has 2 aromatic heterocycles. The Labute approximate surface area is 179 Å². The SMILES string of the molecule is COc1ccc2nc(N3CCN(c4cc(-c5ccccc5)nc(C)n4)CC3)sc2c1. The monoisotopic (exact) mass is 417 g/mol. The maximum Gasteiger partial charge on any atom is 0.186 e. The van der Waals surface area contributed by atoms with Gasteiger partial charge in [0.25, 0.3) is 0 Å². The second-order valence-electron chi connectivity index (χ2n) is 7.33. The summed E-state index contributed by atoms with van der Waals surface area (Å²) in [7, 11) is 1.69. The Morgan fingerprint density at radius 3 is 2.40 bits per heavy atom. The molecule has 30 heavy (non-hydrogen) atoms. The maximum absolute atomic E-state index is 5.34. The highest BCUT2D eigenvalue weighted by molar-refractivity contribution is 7.22. The van der Waals surface area contributed by atoms with Gasteiger partial charge >= 0.3 is 0 Å². The van der Waals surface area contributed by atoms with Crippen LogP contribution in [0.4, 0.5) is 10.9 Å². The van der Waals surface area contributed by atoms with E-state index in [1.165, 1.54) is 0 Å². The Morgan fingerprint density at radius 2 is 1.63 bits per heavy atom. The van der Waals surface area contributed by atoms with Crippen molar-refractivity contribution in [2.45, 2.75) is 6.92 Å². The molecular formula is C23H23N5OS. The van der Waals surface area contributed by atoms with Crippen LogP contribution >= 0.6 is 11.3 Å². The minimum Gasteiger partial charge on any atom is -0.497 e. The molecule has 3 heterocycles. The molecule has 0 N–H and O–H groups in total. The molecule has 1 aliphatic heterocycles. The van der Waals surface area contributed by atoms with E-state index in [1.54, 1.807) is 18.4 Å². The fourth-order valence-corrected chi connectivity index (χ4v) is 4.80. The van der Waals surface area contributed by atoms with Gasteiger partial charge in [-0.2, -0.15) is 0 Å². The lowest BCUT2D eigenvalue weighted by Gasteiger charge is -2.35. The van der Waals surface area contributed by atoms with Crippen molar-refractivity contribution in [3.8, 4) is 17.0 Å². The summed E-state index contributed by atoms with van der Waals surface area (Å²) < 4.78 is 6.50. The van der Waals surface area contributed by atoms with Crippen LogP contribution in [0.2, 0.25) is 0 Å². The van der Waals surface area contributed by atoms with Gasteiger partial charge in [-0.1, -0.05) is 41.7 Å². The molecule has 0 bridgehead atoms. The molecule has 1 fully saturated rings. The summed E-state index contributed by atoms with van der Waals surface area (Å²) in [5.74, 6) is 2.67. The Morgan fingerprint density at radius 1 is 0.867 bits per heavy atom. The molecule has 2 aromatic carbocycles. The lowest BCUT2D eigenvalue weighted by Crippen LogP contribution is -2.46. The Hall–Kier alpha value is -3.19. The second-order valence-corrected chi connectivity index (χ2v) is 8.34. The molecule has 1 saturated heterocycles. The number of benzene rings is 2. The largest absolute Gasteiger partial charge is 0.497 e. The minimum atomic E-state index is 0.800. The number of fused-ring (bicyclic) bond motifs is 1. The molecule has 0 radical (unpaired) electrons. The van der Waals surface area contributed by atoms with E-state index in [9.17, 15) is 0 Å². The van der Waals surface area contributed by atoms with Crippen LogP contribution in [0.1, 0.15) is 5.82 Å². The standard InChI is InChI=1S/C23H23N5OS/c1-16-24-20(17-6-4-3-5-7-17)15-22(25-16)27-10-12-28(13-11-27)23-26-19-9-8-18(29-2)14-21(19)30-23/h3-9,14-15H,10-13H2,1-2H3. The first-order valence-electron chi connectivity index (χ1n) is 10.1. The lowest BCUT2D eigenvalue weighted by atomic mass is 10.1. The maximum atomic E-state index is 5.34. The quantitative estimate of drug-likeness (QED) is 0.491. The first-order valence-corrected chi connectivity index (χ1v) is 10.9. The highest BCUT2D eigenvalue weighted by atomic mass is 32.1. The fourth-order valence-electron chi connectivity index (χ4n) is 3.75. The lowest BCUT2D eigenvalue weighted by molar-refractivity contribution is 0.415. The highest BCUT2D eigenvalue weighted by Crippen LogP contribution is 2.32.